The largest absolute Gasteiger partial charge is 0.299 e. The van der Waals surface area contributed by atoms with Crippen LogP contribution in [0.2, 0.25) is 5.15 Å². The van der Waals surface area contributed by atoms with E-state index in [9.17, 15) is 0 Å². The molecule has 1 aromatic heterocycles. The van der Waals surface area contributed by atoms with Crippen molar-refractivity contribution in [1.82, 2.24) is 9.88 Å². The van der Waals surface area contributed by atoms with Crippen LogP contribution in [0.4, 0.5) is 0 Å². The van der Waals surface area contributed by atoms with E-state index in [0.29, 0.717) is 5.15 Å². The summed E-state index contributed by atoms with van der Waals surface area (Å²) < 4.78 is 0. The number of nitrogens with zero attached hydrogens (tertiary/aromatic N) is 2. The summed E-state index contributed by atoms with van der Waals surface area (Å²) >= 11 is 5.90. The number of halogens is 1. The highest BCUT2D eigenvalue weighted by Crippen LogP contribution is 2.25. The summed E-state index contributed by atoms with van der Waals surface area (Å²) in [4.78, 5) is 6.53. The van der Waals surface area contributed by atoms with Crippen molar-refractivity contribution in [3.8, 4) is 0 Å². The average molecular weight is 253 g/mol. The van der Waals surface area contributed by atoms with Crippen molar-refractivity contribution in [2.45, 2.75) is 33.2 Å². The number of hydrogen-bond donors (Lipinski definition) is 0. The van der Waals surface area contributed by atoms with Crippen LogP contribution >= 0.6 is 11.6 Å². The molecule has 1 aliphatic rings. The minimum atomic E-state index is 0.597. The SMILES string of the molecule is CC(C)C1CCN(Cc2ccnc(Cl)c2)CC1. The molecule has 1 aromatic rings. The lowest BCUT2D eigenvalue weighted by Gasteiger charge is -2.33. The van der Waals surface area contributed by atoms with Gasteiger partial charge in [-0.05, 0) is 55.5 Å². The average Bonchev–Trinajstić information content (AvgIpc) is 2.29. The minimum Gasteiger partial charge on any atom is -0.299 e. The van der Waals surface area contributed by atoms with Gasteiger partial charge in [-0.25, -0.2) is 4.98 Å². The summed E-state index contributed by atoms with van der Waals surface area (Å²) in [5.74, 6) is 1.74. The summed E-state index contributed by atoms with van der Waals surface area (Å²) in [7, 11) is 0. The van der Waals surface area contributed by atoms with Crippen LogP contribution in [-0.2, 0) is 6.54 Å². The van der Waals surface area contributed by atoms with Gasteiger partial charge in [0, 0.05) is 12.7 Å². The maximum Gasteiger partial charge on any atom is 0.129 e. The van der Waals surface area contributed by atoms with E-state index in [1.165, 1.54) is 31.5 Å². The van der Waals surface area contributed by atoms with Gasteiger partial charge in [-0.2, -0.15) is 0 Å². The van der Waals surface area contributed by atoms with Gasteiger partial charge in [-0.1, -0.05) is 25.4 Å². The van der Waals surface area contributed by atoms with E-state index in [1.54, 1.807) is 6.20 Å². The van der Waals surface area contributed by atoms with Gasteiger partial charge in [0.25, 0.3) is 0 Å². The monoisotopic (exact) mass is 252 g/mol. The lowest BCUT2D eigenvalue weighted by molar-refractivity contribution is 0.152. The van der Waals surface area contributed by atoms with Crippen LogP contribution in [0.15, 0.2) is 18.3 Å². The number of aromatic nitrogens is 1. The highest BCUT2D eigenvalue weighted by atomic mass is 35.5. The Hall–Kier alpha value is -0.600. The van der Waals surface area contributed by atoms with Crippen LogP contribution in [0.3, 0.4) is 0 Å². The second kappa shape index (κ2) is 5.83. The summed E-state index contributed by atoms with van der Waals surface area (Å²) in [5, 5.41) is 0.597. The molecular formula is C14H21ClN2. The molecule has 1 saturated heterocycles. The maximum absolute atomic E-state index is 5.90. The van der Waals surface area contributed by atoms with E-state index in [-0.39, 0.29) is 0 Å². The van der Waals surface area contributed by atoms with Crippen molar-refractivity contribution < 1.29 is 0 Å². The van der Waals surface area contributed by atoms with Crippen molar-refractivity contribution in [1.29, 1.82) is 0 Å². The standard InChI is InChI=1S/C14H21ClN2/c1-11(2)13-4-7-17(8-5-13)10-12-3-6-16-14(15)9-12/h3,6,9,11,13H,4-5,7-8,10H2,1-2H3. The number of pyridine rings is 1. The van der Waals surface area contributed by atoms with Gasteiger partial charge in [-0.15, -0.1) is 0 Å². The molecule has 1 fully saturated rings. The molecule has 2 nitrogen and oxygen atoms in total. The van der Waals surface area contributed by atoms with E-state index in [4.69, 9.17) is 11.6 Å². The van der Waals surface area contributed by atoms with E-state index in [2.05, 4.69) is 29.8 Å². The minimum absolute atomic E-state index is 0.597. The van der Waals surface area contributed by atoms with Crippen molar-refractivity contribution in [3.05, 3.63) is 29.0 Å². The Morgan fingerprint density at radius 1 is 1.41 bits per heavy atom. The molecule has 0 unspecified atom stereocenters. The predicted molar refractivity (Wildman–Crippen MR) is 72.1 cm³/mol. The molecule has 94 valence electrons. The van der Waals surface area contributed by atoms with Crippen LogP contribution < -0.4 is 0 Å². The van der Waals surface area contributed by atoms with Crippen molar-refractivity contribution in [3.63, 3.8) is 0 Å². The Kier molecular flexibility index (Phi) is 4.41. The van der Waals surface area contributed by atoms with Crippen molar-refractivity contribution in [2.24, 2.45) is 11.8 Å². The van der Waals surface area contributed by atoms with Gasteiger partial charge in [0.2, 0.25) is 0 Å². The highest BCUT2D eigenvalue weighted by molar-refractivity contribution is 6.29. The van der Waals surface area contributed by atoms with E-state index < -0.39 is 0 Å². The fraction of sp³-hybridized carbons (Fsp3) is 0.643. The van der Waals surface area contributed by atoms with Crippen molar-refractivity contribution >= 4 is 11.6 Å². The third-order valence-electron chi connectivity index (χ3n) is 3.77. The second-order valence-electron chi connectivity index (χ2n) is 5.34. The van der Waals surface area contributed by atoms with Gasteiger partial charge in [0.1, 0.15) is 5.15 Å². The molecule has 1 aliphatic heterocycles. The summed E-state index contributed by atoms with van der Waals surface area (Å²) in [5.41, 5.74) is 1.27. The molecule has 0 atom stereocenters. The second-order valence-corrected chi connectivity index (χ2v) is 5.73. The van der Waals surface area contributed by atoms with Gasteiger partial charge < -0.3 is 0 Å². The smallest absolute Gasteiger partial charge is 0.129 e. The van der Waals surface area contributed by atoms with Crippen LogP contribution in [0, 0.1) is 11.8 Å². The first-order chi connectivity index (χ1) is 8.15. The number of rotatable bonds is 3. The van der Waals surface area contributed by atoms with Crippen LogP contribution in [0.1, 0.15) is 32.3 Å². The Labute approximate surface area is 109 Å². The first-order valence-corrected chi connectivity index (χ1v) is 6.85. The van der Waals surface area contributed by atoms with Crippen LogP contribution in [0.5, 0.6) is 0 Å². The zero-order valence-corrected chi connectivity index (χ0v) is 11.5. The molecule has 3 heteroatoms. The fourth-order valence-corrected chi connectivity index (χ4v) is 2.77. The first-order valence-electron chi connectivity index (χ1n) is 6.48. The van der Waals surface area contributed by atoms with Crippen LogP contribution in [0.25, 0.3) is 0 Å². The zero-order chi connectivity index (χ0) is 12.3. The molecule has 2 heterocycles. The third kappa shape index (κ3) is 3.68. The normalized spacial score (nSPS) is 18.8. The molecule has 17 heavy (non-hydrogen) atoms. The van der Waals surface area contributed by atoms with E-state index in [0.717, 1.165) is 18.4 Å². The van der Waals surface area contributed by atoms with Gasteiger partial charge >= 0.3 is 0 Å². The Bertz CT molecular complexity index is 357. The molecule has 0 saturated carbocycles. The highest BCUT2D eigenvalue weighted by Gasteiger charge is 2.21. The molecule has 0 N–H and O–H groups in total. The first kappa shape index (κ1) is 12.8. The zero-order valence-electron chi connectivity index (χ0n) is 10.7. The maximum atomic E-state index is 5.90. The van der Waals surface area contributed by atoms with Gasteiger partial charge in [-0.3, -0.25) is 4.90 Å². The van der Waals surface area contributed by atoms with Gasteiger partial charge in [0.05, 0.1) is 0 Å². The molecule has 0 aromatic carbocycles. The fourth-order valence-electron chi connectivity index (χ4n) is 2.58. The van der Waals surface area contributed by atoms with Crippen LogP contribution in [-0.4, -0.2) is 23.0 Å². The van der Waals surface area contributed by atoms with E-state index >= 15 is 0 Å². The van der Waals surface area contributed by atoms with E-state index in [1.807, 2.05) is 6.07 Å². The van der Waals surface area contributed by atoms with Crippen molar-refractivity contribution in [2.75, 3.05) is 13.1 Å². The molecule has 0 spiro atoms. The topological polar surface area (TPSA) is 16.1 Å². The van der Waals surface area contributed by atoms with Gasteiger partial charge in [0.15, 0.2) is 0 Å². The summed E-state index contributed by atoms with van der Waals surface area (Å²) in [6.45, 7) is 8.10. The number of hydrogen-bond acceptors (Lipinski definition) is 2. The third-order valence-corrected chi connectivity index (χ3v) is 3.98. The summed E-state index contributed by atoms with van der Waals surface area (Å²) in [6.07, 6.45) is 4.45. The molecule has 0 bridgehead atoms. The molecular weight excluding hydrogens is 232 g/mol. The Morgan fingerprint density at radius 2 is 2.12 bits per heavy atom. The molecule has 0 amide bonds. The predicted octanol–water partition coefficient (Wildman–Crippen LogP) is 3.60. The molecule has 0 aliphatic carbocycles. The Balaban J connectivity index is 1.86. The Morgan fingerprint density at radius 3 is 2.71 bits per heavy atom. The number of likely N-dealkylation sites (tertiary alicyclic amines) is 1. The lowest BCUT2D eigenvalue weighted by atomic mass is 9.86. The molecule has 0 radical (unpaired) electrons. The lowest BCUT2D eigenvalue weighted by Crippen LogP contribution is -2.34. The number of piperidine rings is 1. The summed E-state index contributed by atoms with van der Waals surface area (Å²) in [6, 6.07) is 4.02. The molecule has 2 rings (SSSR count). The quantitative estimate of drug-likeness (QED) is 0.764.